The van der Waals surface area contributed by atoms with Gasteiger partial charge in [0.2, 0.25) is 0 Å². The lowest BCUT2D eigenvalue weighted by Gasteiger charge is -2.18. The minimum absolute atomic E-state index is 0.171. The quantitative estimate of drug-likeness (QED) is 0.665. The van der Waals surface area contributed by atoms with Gasteiger partial charge in [0.15, 0.2) is 0 Å². The zero-order chi connectivity index (χ0) is 16.4. The molecule has 1 aromatic heterocycles. The van der Waals surface area contributed by atoms with E-state index in [0.29, 0.717) is 0 Å². The molecule has 0 amide bonds. The highest BCUT2D eigenvalue weighted by atomic mass is 35.5. The number of aromatic nitrogens is 2. The molecule has 0 spiro atoms. The fraction of sp³-hybridized carbons (Fsp3) is 0.250. The molecule has 2 aromatic carbocycles. The molecule has 0 aliphatic rings. The molecule has 0 atom stereocenters. The predicted octanol–water partition coefficient (Wildman–Crippen LogP) is 5.62. The van der Waals surface area contributed by atoms with E-state index in [9.17, 15) is 0 Å². The van der Waals surface area contributed by atoms with Crippen LogP contribution in [0.3, 0.4) is 0 Å². The molecule has 23 heavy (non-hydrogen) atoms. The van der Waals surface area contributed by atoms with Crippen molar-refractivity contribution in [3.8, 4) is 11.3 Å². The molecule has 0 fully saturated rings. The van der Waals surface area contributed by atoms with Crippen LogP contribution >= 0.6 is 11.6 Å². The van der Waals surface area contributed by atoms with Crippen LogP contribution in [-0.4, -0.2) is 9.97 Å². The summed E-state index contributed by atoms with van der Waals surface area (Å²) in [4.78, 5) is 7.89. The van der Waals surface area contributed by atoms with Crippen molar-refractivity contribution in [2.75, 3.05) is 0 Å². The average molecular weight is 325 g/mol. The number of hydrogen-bond acceptors (Lipinski definition) is 1. The minimum Gasteiger partial charge on any atom is -0.342 e. The summed E-state index contributed by atoms with van der Waals surface area (Å²) in [6.07, 6.45) is 2.65. The number of aromatic amines is 1. The first-order valence-electron chi connectivity index (χ1n) is 7.81. The first kappa shape index (κ1) is 15.8. The third kappa shape index (κ3) is 3.83. The van der Waals surface area contributed by atoms with Gasteiger partial charge in [-0.3, -0.25) is 0 Å². The highest BCUT2D eigenvalue weighted by Crippen LogP contribution is 2.25. The summed E-state index contributed by atoms with van der Waals surface area (Å²) < 4.78 is 0. The van der Waals surface area contributed by atoms with Crippen molar-refractivity contribution in [3.63, 3.8) is 0 Å². The van der Waals surface area contributed by atoms with Crippen LogP contribution in [0.1, 0.15) is 37.7 Å². The van der Waals surface area contributed by atoms with Gasteiger partial charge in [-0.1, -0.05) is 68.8 Å². The van der Waals surface area contributed by atoms with Crippen molar-refractivity contribution in [2.45, 2.75) is 32.6 Å². The average Bonchev–Trinajstić information content (AvgIpc) is 2.95. The fourth-order valence-electron chi connectivity index (χ4n) is 2.59. The van der Waals surface area contributed by atoms with Crippen molar-refractivity contribution in [1.29, 1.82) is 0 Å². The van der Waals surface area contributed by atoms with Crippen LogP contribution in [0.25, 0.3) is 11.3 Å². The van der Waals surface area contributed by atoms with Crippen molar-refractivity contribution >= 4 is 11.6 Å². The maximum absolute atomic E-state index is 6.03. The Morgan fingerprint density at radius 3 is 2.43 bits per heavy atom. The van der Waals surface area contributed by atoms with Crippen LogP contribution in [0.5, 0.6) is 0 Å². The van der Waals surface area contributed by atoms with E-state index in [1.807, 2.05) is 24.4 Å². The van der Waals surface area contributed by atoms with E-state index in [0.717, 1.165) is 34.1 Å². The Hall–Kier alpha value is -2.06. The number of nitrogens with one attached hydrogen (secondary N) is 1. The van der Waals surface area contributed by atoms with E-state index in [1.165, 1.54) is 5.56 Å². The third-order valence-electron chi connectivity index (χ3n) is 3.95. The Labute approximate surface area is 142 Å². The van der Waals surface area contributed by atoms with E-state index in [4.69, 9.17) is 11.6 Å². The van der Waals surface area contributed by atoms with Crippen LogP contribution in [0, 0.1) is 0 Å². The number of imidazole rings is 1. The van der Waals surface area contributed by atoms with Gasteiger partial charge in [0.1, 0.15) is 5.82 Å². The second-order valence-corrected chi connectivity index (χ2v) is 7.31. The molecule has 0 bridgehead atoms. The van der Waals surface area contributed by atoms with Crippen molar-refractivity contribution in [1.82, 2.24) is 9.97 Å². The zero-order valence-electron chi connectivity index (χ0n) is 13.7. The number of hydrogen-bond donors (Lipinski definition) is 1. The largest absolute Gasteiger partial charge is 0.342 e. The molecule has 0 radical (unpaired) electrons. The molecule has 0 unspecified atom stereocenters. The molecule has 118 valence electrons. The van der Waals surface area contributed by atoms with Crippen LogP contribution in [0.15, 0.2) is 54.7 Å². The first-order chi connectivity index (χ1) is 10.9. The maximum Gasteiger partial charge on any atom is 0.110 e. The predicted molar refractivity (Wildman–Crippen MR) is 97.0 cm³/mol. The number of halogens is 1. The highest BCUT2D eigenvalue weighted by Gasteiger charge is 2.13. The standard InChI is InChI=1S/C20H21ClN2/c1-20(2,3)16-9-7-15(8-10-16)18-13-22-19(23-18)12-14-5-4-6-17(21)11-14/h4-11,13H,12H2,1-3H3,(H,22,23). The first-order valence-corrected chi connectivity index (χ1v) is 8.19. The van der Waals surface area contributed by atoms with Gasteiger partial charge in [0.25, 0.3) is 0 Å². The summed E-state index contributed by atoms with van der Waals surface area (Å²) in [5, 5.41) is 0.757. The monoisotopic (exact) mass is 324 g/mol. The highest BCUT2D eigenvalue weighted by molar-refractivity contribution is 6.30. The second kappa shape index (κ2) is 6.21. The van der Waals surface area contributed by atoms with E-state index < -0.39 is 0 Å². The summed E-state index contributed by atoms with van der Waals surface area (Å²) in [5.74, 6) is 0.946. The molecule has 3 heteroatoms. The van der Waals surface area contributed by atoms with Crippen LogP contribution in [0.4, 0.5) is 0 Å². The summed E-state index contributed by atoms with van der Waals surface area (Å²) in [6, 6.07) is 16.6. The normalized spacial score (nSPS) is 11.7. The SMILES string of the molecule is CC(C)(C)c1ccc(-c2cnc(Cc3cccc(Cl)c3)[nH]2)cc1. The molecule has 1 N–H and O–H groups in total. The van der Waals surface area contributed by atoms with E-state index in [2.05, 4.69) is 61.1 Å². The maximum atomic E-state index is 6.03. The van der Waals surface area contributed by atoms with Crippen LogP contribution < -0.4 is 0 Å². The van der Waals surface area contributed by atoms with Gasteiger partial charge in [0.05, 0.1) is 11.9 Å². The summed E-state index contributed by atoms with van der Waals surface area (Å²) in [5.41, 5.74) is 4.86. The van der Waals surface area contributed by atoms with Gasteiger partial charge in [-0.2, -0.15) is 0 Å². The van der Waals surface area contributed by atoms with Crippen LogP contribution in [0.2, 0.25) is 5.02 Å². The van der Waals surface area contributed by atoms with Gasteiger partial charge >= 0.3 is 0 Å². The topological polar surface area (TPSA) is 28.7 Å². The zero-order valence-corrected chi connectivity index (χ0v) is 14.5. The minimum atomic E-state index is 0.171. The lowest BCUT2D eigenvalue weighted by atomic mass is 9.86. The summed E-state index contributed by atoms with van der Waals surface area (Å²) >= 11 is 6.03. The number of H-pyrrole nitrogens is 1. The Morgan fingerprint density at radius 1 is 1.04 bits per heavy atom. The number of nitrogens with zero attached hydrogens (tertiary/aromatic N) is 1. The molecule has 0 saturated carbocycles. The summed E-state index contributed by atoms with van der Waals surface area (Å²) in [6.45, 7) is 6.67. The Balaban J connectivity index is 1.79. The second-order valence-electron chi connectivity index (χ2n) is 6.88. The number of rotatable bonds is 3. The van der Waals surface area contributed by atoms with Gasteiger partial charge in [-0.15, -0.1) is 0 Å². The number of benzene rings is 2. The van der Waals surface area contributed by atoms with Gasteiger partial charge in [0, 0.05) is 11.4 Å². The smallest absolute Gasteiger partial charge is 0.110 e. The van der Waals surface area contributed by atoms with E-state index in [1.54, 1.807) is 0 Å². The molecular weight excluding hydrogens is 304 g/mol. The van der Waals surface area contributed by atoms with E-state index >= 15 is 0 Å². The van der Waals surface area contributed by atoms with Crippen LogP contribution in [-0.2, 0) is 11.8 Å². The van der Waals surface area contributed by atoms with Gasteiger partial charge in [-0.25, -0.2) is 4.98 Å². The summed E-state index contributed by atoms with van der Waals surface area (Å²) in [7, 11) is 0. The third-order valence-corrected chi connectivity index (χ3v) is 4.19. The van der Waals surface area contributed by atoms with Crippen molar-refractivity contribution < 1.29 is 0 Å². The molecule has 2 nitrogen and oxygen atoms in total. The molecule has 0 saturated heterocycles. The lowest BCUT2D eigenvalue weighted by molar-refractivity contribution is 0.590. The van der Waals surface area contributed by atoms with Crippen molar-refractivity contribution in [2.24, 2.45) is 0 Å². The lowest BCUT2D eigenvalue weighted by Crippen LogP contribution is -2.10. The Bertz CT molecular complexity index is 795. The fourth-order valence-corrected chi connectivity index (χ4v) is 2.80. The molecule has 3 aromatic rings. The molecule has 0 aliphatic carbocycles. The van der Waals surface area contributed by atoms with E-state index in [-0.39, 0.29) is 5.41 Å². The Kier molecular flexibility index (Phi) is 4.27. The van der Waals surface area contributed by atoms with Gasteiger partial charge < -0.3 is 4.98 Å². The molecule has 1 heterocycles. The Morgan fingerprint density at radius 2 is 1.78 bits per heavy atom. The molecular formula is C20H21ClN2. The van der Waals surface area contributed by atoms with Gasteiger partial charge in [-0.05, 0) is 34.2 Å². The van der Waals surface area contributed by atoms with Crippen molar-refractivity contribution in [3.05, 3.63) is 76.7 Å². The molecule has 0 aliphatic heterocycles. The molecule has 3 rings (SSSR count).